The topological polar surface area (TPSA) is 61.4 Å². The minimum absolute atomic E-state index is 0.0221. The van der Waals surface area contributed by atoms with E-state index < -0.39 is 0 Å². The third-order valence-electron chi connectivity index (χ3n) is 3.27. The second kappa shape index (κ2) is 8.72. The summed E-state index contributed by atoms with van der Waals surface area (Å²) < 4.78 is 0. The van der Waals surface area contributed by atoms with Crippen LogP contribution in [0.15, 0.2) is 30.3 Å². The molecule has 2 atom stereocenters. The molecule has 0 fully saturated rings. The molecular weight excluding hydrogens is 252 g/mol. The van der Waals surface area contributed by atoms with Gasteiger partial charge in [-0.3, -0.25) is 4.79 Å². The van der Waals surface area contributed by atoms with Crippen LogP contribution in [0, 0.1) is 5.92 Å². The lowest BCUT2D eigenvalue weighted by Gasteiger charge is -2.22. The van der Waals surface area contributed by atoms with Gasteiger partial charge < -0.3 is 15.7 Å². The molecule has 0 aliphatic carbocycles. The van der Waals surface area contributed by atoms with Gasteiger partial charge in [0.15, 0.2) is 0 Å². The normalized spacial score (nSPS) is 14.1. The van der Waals surface area contributed by atoms with Gasteiger partial charge in [0, 0.05) is 0 Å². The van der Waals surface area contributed by atoms with E-state index in [9.17, 15) is 9.90 Å². The molecule has 0 saturated carbocycles. The van der Waals surface area contributed by atoms with Crippen molar-refractivity contribution in [2.75, 3.05) is 13.7 Å². The molecule has 0 bridgehead atoms. The molecule has 0 saturated heterocycles. The van der Waals surface area contributed by atoms with E-state index in [2.05, 4.69) is 24.5 Å². The van der Waals surface area contributed by atoms with Crippen LogP contribution in [0.5, 0.6) is 0 Å². The molecule has 0 heterocycles. The molecule has 0 unspecified atom stereocenters. The predicted molar refractivity (Wildman–Crippen MR) is 81.5 cm³/mol. The Balaban J connectivity index is 2.58. The van der Waals surface area contributed by atoms with Crippen molar-refractivity contribution >= 4 is 5.91 Å². The Morgan fingerprint density at radius 1 is 1.25 bits per heavy atom. The fourth-order valence-electron chi connectivity index (χ4n) is 2.23. The first-order valence-electron chi connectivity index (χ1n) is 7.19. The molecule has 1 amide bonds. The summed E-state index contributed by atoms with van der Waals surface area (Å²) >= 11 is 0. The minimum Gasteiger partial charge on any atom is -0.394 e. The number of aliphatic hydroxyl groups is 1. The third kappa shape index (κ3) is 5.72. The van der Waals surface area contributed by atoms with Crippen molar-refractivity contribution in [1.29, 1.82) is 0 Å². The van der Waals surface area contributed by atoms with Gasteiger partial charge in [0.1, 0.15) is 0 Å². The zero-order chi connectivity index (χ0) is 15.0. The fourth-order valence-corrected chi connectivity index (χ4v) is 2.23. The van der Waals surface area contributed by atoms with Gasteiger partial charge in [-0.15, -0.1) is 0 Å². The van der Waals surface area contributed by atoms with Crippen LogP contribution in [0.4, 0.5) is 0 Å². The molecule has 0 aromatic heterocycles. The van der Waals surface area contributed by atoms with E-state index in [0.29, 0.717) is 12.3 Å². The zero-order valence-corrected chi connectivity index (χ0v) is 12.6. The Morgan fingerprint density at radius 3 is 2.40 bits per heavy atom. The highest BCUT2D eigenvalue weighted by molar-refractivity contribution is 5.82. The number of carbonyl (C=O) groups excluding carboxylic acids is 1. The molecule has 4 heteroatoms. The number of hydrogen-bond donors (Lipinski definition) is 3. The number of aliphatic hydroxyl groups excluding tert-OH is 1. The Kier molecular flexibility index (Phi) is 7.26. The molecule has 1 aromatic rings. The highest BCUT2D eigenvalue weighted by Gasteiger charge is 2.20. The summed E-state index contributed by atoms with van der Waals surface area (Å²) in [7, 11) is 1.78. The number of carbonyl (C=O) groups is 1. The quantitative estimate of drug-likeness (QED) is 0.672. The number of amides is 1. The van der Waals surface area contributed by atoms with Gasteiger partial charge in [-0.1, -0.05) is 44.2 Å². The highest BCUT2D eigenvalue weighted by atomic mass is 16.3. The van der Waals surface area contributed by atoms with E-state index in [4.69, 9.17) is 0 Å². The summed E-state index contributed by atoms with van der Waals surface area (Å²) in [6.07, 6.45) is 1.42. The molecule has 1 aromatic carbocycles. The van der Waals surface area contributed by atoms with Gasteiger partial charge in [-0.2, -0.15) is 0 Å². The maximum atomic E-state index is 12.2. The van der Waals surface area contributed by atoms with E-state index in [-0.39, 0.29) is 24.6 Å². The van der Waals surface area contributed by atoms with Crippen molar-refractivity contribution in [1.82, 2.24) is 10.6 Å². The van der Waals surface area contributed by atoms with Gasteiger partial charge in [-0.25, -0.2) is 0 Å². The molecule has 0 aliphatic heterocycles. The number of rotatable bonds is 8. The Morgan fingerprint density at radius 2 is 1.90 bits per heavy atom. The van der Waals surface area contributed by atoms with Crippen LogP contribution in [-0.2, 0) is 11.2 Å². The second-order valence-corrected chi connectivity index (χ2v) is 5.55. The van der Waals surface area contributed by atoms with Crippen LogP contribution < -0.4 is 10.6 Å². The first-order valence-corrected chi connectivity index (χ1v) is 7.19. The standard InChI is InChI=1S/C16H26N2O2/c1-12(2)9-14(11-19)18-16(20)15(17-3)10-13-7-5-4-6-8-13/h4-8,12,14-15,17,19H,9-11H2,1-3H3,(H,18,20)/t14-,15-/m0/s1. The number of nitrogens with one attached hydrogen (secondary N) is 2. The largest absolute Gasteiger partial charge is 0.394 e. The van der Waals surface area contributed by atoms with Gasteiger partial charge in [0.25, 0.3) is 0 Å². The molecule has 0 aliphatic rings. The van der Waals surface area contributed by atoms with Crippen molar-refractivity contribution in [3.05, 3.63) is 35.9 Å². The molecule has 4 nitrogen and oxygen atoms in total. The first kappa shape index (κ1) is 16.7. The van der Waals surface area contributed by atoms with Crippen LogP contribution in [0.2, 0.25) is 0 Å². The van der Waals surface area contributed by atoms with Gasteiger partial charge in [0.2, 0.25) is 5.91 Å². The summed E-state index contributed by atoms with van der Waals surface area (Å²) in [5, 5.41) is 15.3. The molecule has 3 N–H and O–H groups in total. The Labute approximate surface area is 121 Å². The molecular formula is C16H26N2O2. The predicted octanol–water partition coefficient (Wildman–Crippen LogP) is 1.34. The number of hydrogen-bond acceptors (Lipinski definition) is 3. The average molecular weight is 278 g/mol. The molecule has 112 valence electrons. The molecule has 20 heavy (non-hydrogen) atoms. The van der Waals surface area contributed by atoms with Crippen molar-refractivity contribution in [3.63, 3.8) is 0 Å². The zero-order valence-electron chi connectivity index (χ0n) is 12.6. The highest BCUT2D eigenvalue weighted by Crippen LogP contribution is 2.06. The van der Waals surface area contributed by atoms with Gasteiger partial charge in [-0.05, 0) is 31.4 Å². The van der Waals surface area contributed by atoms with E-state index in [1.807, 2.05) is 30.3 Å². The van der Waals surface area contributed by atoms with Crippen LogP contribution in [0.3, 0.4) is 0 Å². The Hall–Kier alpha value is -1.39. The van der Waals surface area contributed by atoms with Crippen molar-refractivity contribution in [2.24, 2.45) is 5.92 Å². The lowest BCUT2D eigenvalue weighted by atomic mass is 10.0. The minimum atomic E-state index is -0.279. The maximum Gasteiger partial charge on any atom is 0.237 e. The SMILES string of the molecule is CN[C@@H](Cc1ccccc1)C(=O)N[C@H](CO)CC(C)C. The number of benzene rings is 1. The lowest BCUT2D eigenvalue weighted by Crippen LogP contribution is -2.49. The third-order valence-corrected chi connectivity index (χ3v) is 3.27. The summed E-state index contributed by atoms with van der Waals surface area (Å²) in [6.45, 7) is 4.13. The van der Waals surface area contributed by atoms with E-state index >= 15 is 0 Å². The molecule has 1 rings (SSSR count). The summed E-state index contributed by atoms with van der Waals surface area (Å²) in [6, 6.07) is 9.46. The van der Waals surface area contributed by atoms with Crippen LogP contribution >= 0.6 is 0 Å². The maximum absolute atomic E-state index is 12.2. The van der Waals surface area contributed by atoms with Crippen LogP contribution in [0.1, 0.15) is 25.8 Å². The van der Waals surface area contributed by atoms with E-state index in [1.54, 1.807) is 7.05 Å². The second-order valence-electron chi connectivity index (χ2n) is 5.55. The van der Waals surface area contributed by atoms with Crippen molar-refractivity contribution < 1.29 is 9.90 Å². The fraction of sp³-hybridized carbons (Fsp3) is 0.562. The smallest absolute Gasteiger partial charge is 0.237 e. The average Bonchev–Trinajstić information content (AvgIpc) is 2.44. The van der Waals surface area contributed by atoms with E-state index in [0.717, 1.165) is 12.0 Å². The van der Waals surface area contributed by atoms with Gasteiger partial charge in [0.05, 0.1) is 18.7 Å². The van der Waals surface area contributed by atoms with Gasteiger partial charge >= 0.3 is 0 Å². The number of likely N-dealkylation sites (N-methyl/N-ethyl adjacent to an activating group) is 1. The monoisotopic (exact) mass is 278 g/mol. The van der Waals surface area contributed by atoms with Crippen molar-refractivity contribution in [2.45, 2.75) is 38.8 Å². The summed E-state index contributed by atoms with van der Waals surface area (Å²) in [5.74, 6) is 0.380. The van der Waals surface area contributed by atoms with Crippen LogP contribution in [-0.4, -0.2) is 36.8 Å². The van der Waals surface area contributed by atoms with Crippen molar-refractivity contribution in [3.8, 4) is 0 Å². The lowest BCUT2D eigenvalue weighted by molar-refractivity contribution is -0.124. The summed E-state index contributed by atoms with van der Waals surface area (Å²) in [4.78, 5) is 12.2. The summed E-state index contributed by atoms with van der Waals surface area (Å²) in [5.41, 5.74) is 1.12. The van der Waals surface area contributed by atoms with Crippen LogP contribution in [0.25, 0.3) is 0 Å². The molecule has 0 radical (unpaired) electrons. The first-order chi connectivity index (χ1) is 9.56. The molecule has 0 spiro atoms. The van der Waals surface area contributed by atoms with E-state index in [1.165, 1.54) is 0 Å². The Bertz CT molecular complexity index is 393.